The fourth-order valence-electron chi connectivity index (χ4n) is 1.04. The normalized spacial score (nSPS) is 11.0. The zero-order valence-corrected chi connectivity index (χ0v) is 11.1. The van der Waals surface area contributed by atoms with E-state index in [0.717, 1.165) is 12.1 Å². The number of ether oxygens (including phenoxy) is 2. The average Bonchev–Trinajstić information content (AvgIpc) is 2.27. The molecule has 8 heteroatoms. The van der Waals surface area contributed by atoms with Gasteiger partial charge < -0.3 is 9.47 Å². The molecular formula is C9H9BrO6S. The Kier molecular flexibility index (Phi) is 4.49. The average molecular weight is 325 g/mol. The van der Waals surface area contributed by atoms with Gasteiger partial charge in [0.25, 0.3) is 10.1 Å². The van der Waals surface area contributed by atoms with E-state index in [1.807, 2.05) is 0 Å². The number of halogens is 1. The molecule has 0 heterocycles. The monoisotopic (exact) mass is 324 g/mol. The van der Waals surface area contributed by atoms with E-state index in [9.17, 15) is 13.2 Å². The third kappa shape index (κ3) is 3.69. The standard InChI is InChI=1S/C9H9BrO6S/c1-15-8-4-6(17(12,13)14)2-3-7(8)16-9(11)5-10/h2-4H,5H2,1H3,(H,12,13,14). The summed E-state index contributed by atoms with van der Waals surface area (Å²) in [6.45, 7) is 0. The molecule has 1 N–H and O–H groups in total. The number of methoxy groups -OCH3 is 1. The summed E-state index contributed by atoms with van der Waals surface area (Å²) in [7, 11) is -3.03. The van der Waals surface area contributed by atoms with Gasteiger partial charge in [0, 0.05) is 6.07 Å². The van der Waals surface area contributed by atoms with Gasteiger partial charge >= 0.3 is 5.97 Å². The number of benzene rings is 1. The van der Waals surface area contributed by atoms with Crippen LogP contribution in [0.15, 0.2) is 23.1 Å². The second kappa shape index (κ2) is 5.48. The number of esters is 1. The highest BCUT2D eigenvalue weighted by atomic mass is 79.9. The molecular weight excluding hydrogens is 316 g/mol. The Morgan fingerprint density at radius 1 is 1.41 bits per heavy atom. The van der Waals surface area contributed by atoms with Crippen LogP contribution in [0.3, 0.4) is 0 Å². The number of carbonyl (C=O) groups is 1. The topological polar surface area (TPSA) is 89.9 Å². The summed E-state index contributed by atoms with van der Waals surface area (Å²) in [6, 6.07) is 3.39. The van der Waals surface area contributed by atoms with Gasteiger partial charge in [0.05, 0.1) is 12.0 Å². The van der Waals surface area contributed by atoms with Crippen LogP contribution in [0.25, 0.3) is 0 Å². The number of hydrogen-bond acceptors (Lipinski definition) is 5. The number of alkyl halides is 1. The van der Waals surface area contributed by atoms with Crippen LogP contribution in [-0.4, -0.2) is 31.4 Å². The molecule has 0 aromatic heterocycles. The maximum absolute atomic E-state index is 11.0. The summed E-state index contributed by atoms with van der Waals surface area (Å²) in [5.74, 6) is -0.443. The summed E-state index contributed by atoms with van der Waals surface area (Å²) >= 11 is 2.91. The van der Waals surface area contributed by atoms with Crippen LogP contribution in [0.1, 0.15) is 0 Å². The Labute approximate surface area is 106 Å². The highest BCUT2D eigenvalue weighted by Gasteiger charge is 2.15. The fraction of sp³-hybridized carbons (Fsp3) is 0.222. The Morgan fingerprint density at radius 2 is 2.06 bits per heavy atom. The van der Waals surface area contributed by atoms with Crippen LogP contribution in [-0.2, 0) is 14.9 Å². The molecule has 0 radical (unpaired) electrons. The van der Waals surface area contributed by atoms with Crippen molar-refractivity contribution in [2.24, 2.45) is 0 Å². The van der Waals surface area contributed by atoms with Gasteiger partial charge in [-0.25, -0.2) is 0 Å². The van der Waals surface area contributed by atoms with Crippen molar-refractivity contribution in [1.82, 2.24) is 0 Å². The van der Waals surface area contributed by atoms with Gasteiger partial charge in [0.2, 0.25) is 0 Å². The lowest BCUT2D eigenvalue weighted by atomic mass is 10.3. The van der Waals surface area contributed by atoms with Crippen molar-refractivity contribution in [2.45, 2.75) is 4.90 Å². The van der Waals surface area contributed by atoms with E-state index in [1.54, 1.807) is 0 Å². The van der Waals surface area contributed by atoms with Gasteiger partial charge in [-0.05, 0) is 12.1 Å². The van der Waals surface area contributed by atoms with Crippen molar-refractivity contribution in [2.75, 3.05) is 12.4 Å². The number of rotatable bonds is 4. The first kappa shape index (κ1) is 13.9. The molecule has 1 aromatic rings. The molecule has 0 aliphatic carbocycles. The van der Waals surface area contributed by atoms with Crippen LogP contribution < -0.4 is 9.47 Å². The third-order valence-corrected chi connectivity index (χ3v) is 3.07. The second-order valence-corrected chi connectivity index (χ2v) is 4.88. The molecule has 0 saturated heterocycles. The van der Waals surface area contributed by atoms with Gasteiger partial charge in [-0.2, -0.15) is 8.42 Å². The predicted octanol–water partition coefficient (Wildman–Crippen LogP) is 1.24. The van der Waals surface area contributed by atoms with E-state index in [4.69, 9.17) is 14.0 Å². The van der Waals surface area contributed by atoms with E-state index < -0.39 is 16.1 Å². The van der Waals surface area contributed by atoms with Crippen molar-refractivity contribution >= 4 is 32.0 Å². The fourth-order valence-corrected chi connectivity index (χ4v) is 1.65. The Bertz CT molecular complexity index is 524. The van der Waals surface area contributed by atoms with Crippen LogP contribution in [0.4, 0.5) is 0 Å². The molecule has 0 saturated carbocycles. The van der Waals surface area contributed by atoms with E-state index in [-0.39, 0.29) is 21.7 Å². The summed E-state index contributed by atoms with van der Waals surface area (Å²) in [5, 5.41) is -0.00377. The van der Waals surface area contributed by atoms with Gasteiger partial charge in [-0.1, -0.05) is 15.9 Å². The summed E-state index contributed by atoms with van der Waals surface area (Å²) in [5.41, 5.74) is 0. The van der Waals surface area contributed by atoms with E-state index in [1.165, 1.54) is 13.2 Å². The largest absolute Gasteiger partial charge is 0.493 e. The SMILES string of the molecule is COc1cc(S(=O)(=O)O)ccc1OC(=O)CBr. The highest BCUT2D eigenvalue weighted by molar-refractivity contribution is 9.09. The number of hydrogen-bond donors (Lipinski definition) is 1. The summed E-state index contributed by atoms with van der Waals surface area (Å²) in [6.07, 6.45) is 0. The minimum atomic E-state index is -4.32. The highest BCUT2D eigenvalue weighted by Crippen LogP contribution is 2.29. The van der Waals surface area contributed by atoms with Crippen LogP contribution in [0.5, 0.6) is 11.5 Å². The molecule has 0 fully saturated rings. The Hall–Kier alpha value is -1.12. The molecule has 1 aromatic carbocycles. The molecule has 0 amide bonds. The molecule has 1 rings (SSSR count). The summed E-state index contributed by atoms with van der Waals surface area (Å²) in [4.78, 5) is 10.7. The van der Waals surface area contributed by atoms with E-state index >= 15 is 0 Å². The molecule has 94 valence electrons. The molecule has 0 aliphatic rings. The van der Waals surface area contributed by atoms with Crippen molar-refractivity contribution in [1.29, 1.82) is 0 Å². The van der Waals surface area contributed by atoms with Gasteiger partial charge in [-0.3, -0.25) is 9.35 Å². The van der Waals surface area contributed by atoms with Crippen molar-refractivity contribution < 1.29 is 27.2 Å². The predicted molar refractivity (Wildman–Crippen MR) is 62.2 cm³/mol. The molecule has 0 unspecified atom stereocenters. The lowest BCUT2D eigenvalue weighted by Gasteiger charge is -2.09. The van der Waals surface area contributed by atoms with Crippen molar-refractivity contribution in [3.05, 3.63) is 18.2 Å². The van der Waals surface area contributed by atoms with Gasteiger partial charge in [-0.15, -0.1) is 0 Å². The van der Waals surface area contributed by atoms with E-state index in [2.05, 4.69) is 15.9 Å². The van der Waals surface area contributed by atoms with Gasteiger partial charge in [0.1, 0.15) is 5.33 Å². The molecule has 0 bridgehead atoms. The Balaban J connectivity index is 3.14. The lowest BCUT2D eigenvalue weighted by molar-refractivity contribution is -0.131. The zero-order valence-electron chi connectivity index (χ0n) is 8.71. The first-order valence-corrected chi connectivity index (χ1v) is 6.87. The minimum absolute atomic E-state index is 0.00377. The van der Waals surface area contributed by atoms with Crippen molar-refractivity contribution in [3.63, 3.8) is 0 Å². The first-order valence-electron chi connectivity index (χ1n) is 4.30. The Morgan fingerprint density at radius 3 is 2.53 bits per heavy atom. The molecule has 0 spiro atoms. The van der Waals surface area contributed by atoms with E-state index in [0.29, 0.717) is 0 Å². The summed E-state index contributed by atoms with van der Waals surface area (Å²) < 4.78 is 40.3. The maximum atomic E-state index is 11.0. The first-order chi connectivity index (χ1) is 7.88. The van der Waals surface area contributed by atoms with Crippen LogP contribution in [0, 0.1) is 0 Å². The maximum Gasteiger partial charge on any atom is 0.322 e. The minimum Gasteiger partial charge on any atom is -0.493 e. The third-order valence-electron chi connectivity index (χ3n) is 1.77. The molecule has 6 nitrogen and oxygen atoms in total. The molecule has 0 aliphatic heterocycles. The van der Waals surface area contributed by atoms with Gasteiger partial charge in [0.15, 0.2) is 11.5 Å². The molecule has 17 heavy (non-hydrogen) atoms. The van der Waals surface area contributed by atoms with Crippen LogP contribution >= 0.6 is 15.9 Å². The van der Waals surface area contributed by atoms with Crippen LogP contribution in [0.2, 0.25) is 0 Å². The smallest absolute Gasteiger partial charge is 0.322 e. The van der Waals surface area contributed by atoms with Crippen molar-refractivity contribution in [3.8, 4) is 11.5 Å². The quantitative estimate of drug-likeness (QED) is 0.388. The number of carbonyl (C=O) groups excluding carboxylic acids is 1. The zero-order chi connectivity index (χ0) is 13.1. The second-order valence-electron chi connectivity index (χ2n) is 2.90. The lowest BCUT2D eigenvalue weighted by Crippen LogP contribution is -2.10. The molecule has 0 atom stereocenters.